The molecule has 0 radical (unpaired) electrons. The maximum atomic E-state index is 10.5. The Morgan fingerprint density at radius 1 is 1.62 bits per heavy atom. The first kappa shape index (κ1) is 9.20. The molecule has 1 heterocycles. The number of nitrogens with zero attached hydrogens (tertiary/aromatic N) is 2. The first-order valence-corrected chi connectivity index (χ1v) is 3.75. The van der Waals surface area contributed by atoms with Crippen molar-refractivity contribution in [1.29, 1.82) is 5.26 Å². The number of aromatic nitrogens is 1. The van der Waals surface area contributed by atoms with E-state index >= 15 is 0 Å². The minimum absolute atomic E-state index is 0.231. The summed E-state index contributed by atoms with van der Waals surface area (Å²) in [6, 6.07) is 5.13. The average Bonchev–Trinajstić information content (AvgIpc) is 2.15. The monoisotopic (exact) mass is 176 g/mol. The number of pyridine rings is 1. The molecule has 0 aliphatic carbocycles. The van der Waals surface area contributed by atoms with Gasteiger partial charge in [0, 0.05) is 12.4 Å². The predicted molar refractivity (Wildman–Crippen MR) is 44.7 cm³/mol. The zero-order valence-electron chi connectivity index (χ0n) is 6.84. The molecule has 1 rings (SSSR count). The van der Waals surface area contributed by atoms with Gasteiger partial charge in [0.15, 0.2) is 0 Å². The highest BCUT2D eigenvalue weighted by Gasteiger charge is 2.16. The van der Waals surface area contributed by atoms with Crippen molar-refractivity contribution in [2.75, 3.05) is 0 Å². The molecule has 0 bridgehead atoms. The lowest BCUT2D eigenvalue weighted by Crippen LogP contribution is -2.14. The van der Waals surface area contributed by atoms with Gasteiger partial charge in [0.05, 0.1) is 6.07 Å². The highest BCUT2D eigenvalue weighted by Crippen LogP contribution is 2.06. The van der Waals surface area contributed by atoms with E-state index < -0.39 is 11.9 Å². The Labute approximate surface area is 75.5 Å². The van der Waals surface area contributed by atoms with Gasteiger partial charge in [0.1, 0.15) is 5.92 Å². The van der Waals surface area contributed by atoms with Crippen LogP contribution in [0.15, 0.2) is 24.5 Å². The van der Waals surface area contributed by atoms with Gasteiger partial charge < -0.3 is 5.11 Å². The van der Waals surface area contributed by atoms with Crippen LogP contribution in [-0.2, 0) is 11.2 Å². The molecule has 0 aromatic carbocycles. The molecular formula is C9H8N2O2. The summed E-state index contributed by atoms with van der Waals surface area (Å²) in [6.45, 7) is 0. The third kappa shape index (κ3) is 2.56. The largest absolute Gasteiger partial charge is 0.480 e. The first-order chi connectivity index (χ1) is 6.24. The molecule has 0 spiro atoms. The average molecular weight is 176 g/mol. The third-order valence-corrected chi connectivity index (χ3v) is 1.64. The molecule has 0 aliphatic rings. The van der Waals surface area contributed by atoms with Gasteiger partial charge in [-0.15, -0.1) is 0 Å². The zero-order valence-corrected chi connectivity index (χ0v) is 6.84. The standard InChI is InChI=1S/C9H8N2O2/c10-6-8(9(12)13)5-7-1-3-11-4-2-7/h1-4,8H,5H2,(H,12,13). The first-order valence-electron chi connectivity index (χ1n) is 3.75. The second kappa shape index (κ2) is 4.21. The quantitative estimate of drug-likeness (QED) is 0.740. The van der Waals surface area contributed by atoms with E-state index in [0.717, 1.165) is 5.56 Å². The lowest BCUT2D eigenvalue weighted by molar-refractivity contribution is -0.139. The number of hydrogen-bond donors (Lipinski definition) is 1. The van der Waals surface area contributed by atoms with E-state index in [4.69, 9.17) is 10.4 Å². The van der Waals surface area contributed by atoms with Crippen molar-refractivity contribution in [3.63, 3.8) is 0 Å². The maximum Gasteiger partial charge on any atom is 0.321 e. The number of aliphatic carboxylic acids is 1. The van der Waals surface area contributed by atoms with E-state index in [1.807, 2.05) is 0 Å². The molecule has 66 valence electrons. The molecule has 1 atom stereocenters. The summed E-state index contributed by atoms with van der Waals surface area (Å²) in [5.74, 6) is -2.05. The Hall–Kier alpha value is -1.89. The van der Waals surface area contributed by atoms with Crippen molar-refractivity contribution in [1.82, 2.24) is 4.98 Å². The molecule has 1 aromatic heterocycles. The minimum Gasteiger partial charge on any atom is -0.480 e. The fraction of sp³-hybridized carbons (Fsp3) is 0.222. The van der Waals surface area contributed by atoms with Crippen LogP contribution in [0.5, 0.6) is 0 Å². The highest BCUT2D eigenvalue weighted by atomic mass is 16.4. The van der Waals surface area contributed by atoms with Crippen LogP contribution in [0.4, 0.5) is 0 Å². The Bertz CT molecular complexity index is 329. The third-order valence-electron chi connectivity index (χ3n) is 1.64. The van der Waals surface area contributed by atoms with Crippen molar-refractivity contribution in [3.8, 4) is 6.07 Å². The molecule has 4 nitrogen and oxygen atoms in total. The van der Waals surface area contributed by atoms with Gasteiger partial charge >= 0.3 is 5.97 Å². The molecule has 4 heteroatoms. The van der Waals surface area contributed by atoms with E-state index in [1.165, 1.54) is 0 Å². The SMILES string of the molecule is N#CC(Cc1ccncc1)C(=O)O. The predicted octanol–water partition coefficient (Wildman–Crippen LogP) is 0.848. The van der Waals surface area contributed by atoms with E-state index in [2.05, 4.69) is 4.98 Å². The molecule has 0 saturated heterocycles. The maximum absolute atomic E-state index is 10.5. The molecule has 0 fully saturated rings. The van der Waals surface area contributed by atoms with Gasteiger partial charge in [0.2, 0.25) is 0 Å². The van der Waals surface area contributed by atoms with E-state index in [9.17, 15) is 4.79 Å². The Morgan fingerprint density at radius 3 is 2.69 bits per heavy atom. The molecule has 0 amide bonds. The number of carboxylic acids is 1. The summed E-state index contributed by atoms with van der Waals surface area (Å²) >= 11 is 0. The van der Waals surface area contributed by atoms with Crippen LogP contribution in [0.3, 0.4) is 0 Å². The summed E-state index contributed by atoms with van der Waals surface area (Å²) < 4.78 is 0. The minimum atomic E-state index is -1.08. The van der Waals surface area contributed by atoms with E-state index in [0.29, 0.717) is 0 Å². The van der Waals surface area contributed by atoms with Crippen LogP contribution in [0.25, 0.3) is 0 Å². The fourth-order valence-corrected chi connectivity index (χ4v) is 0.943. The molecule has 0 saturated carbocycles. The second-order valence-electron chi connectivity index (χ2n) is 2.58. The summed E-state index contributed by atoms with van der Waals surface area (Å²) in [6.07, 6.45) is 3.38. The van der Waals surface area contributed by atoms with Crippen LogP contribution in [0.2, 0.25) is 0 Å². The molecular weight excluding hydrogens is 168 g/mol. The zero-order chi connectivity index (χ0) is 9.68. The van der Waals surface area contributed by atoms with Gasteiger partial charge in [-0.25, -0.2) is 0 Å². The van der Waals surface area contributed by atoms with Gasteiger partial charge in [-0.05, 0) is 24.1 Å². The molecule has 1 unspecified atom stereocenters. The van der Waals surface area contributed by atoms with Crippen molar-refractivity contribution in [2.45, 2.75) is 6.42 Å². The number of hydrogen-bond acceptors (Lipinski definition) is 3. The summed E-state index contributed by atoms with van der Waals surface area (Å²) in [4.78, 5) is 14.3. The van der Waals surface area contributed by atoms with Crippen LogP contribution in [0, 0.1) is 17.2 Å². The van der Waals surface area contributed by atoms with Crippen LogP contribution >= 0.6 is 0 Å². The van der Waals surface area contributed by atoms with Crippen LogP contribution in [-0.4, -0.2) is 16.1 Å². The van der Waals surface area contributed by atoms with Crippen LogP contribution < -0.4 is 0 Å². The van der Waals surface area contributed by atoms with Gasteiger partial charge in [-0.1, -0.05) is 0 Å². The number of nitriles is 1. The fourth-order valence-electron chi connectivity index (χ4n) is 0.943. The van der Waals surface area contributed by atoms with Crippen molar-refractivity contribution < 1.29 is 9.90 Å². The number of carbonyl (C=O) groups is 1. The topological polar surface area (TPSA) is 74.0 Å². The van der Waals surface area contributed by atoms with E-state index in [-0.39, 0.29) is 6.42 Å². The smallest absolute Gasteiger partial charge is 0.321 e. The van der Waals surface area contributed by atoms with Gasteiger partial charge in [0.25, 0.3) is 0 Å². The van der Waals surface area contributed by atoms with Crippen molar-refractivity contribution in [2.24, 2.45) is 5.92 Å². The lowest BCUT2D eigenvalue weighted by Gasteiger charge is -2.02. The summed E-state index contributed by atoms with van der Waals surface area (Å²) in [5.41, 5.74) is 0.809. The number of carboxylic acid groups (broad SMARTS) is 1. The Morgan fingerprint density at radius 2 is 2.23 bits per heavy atom. The van der Waals surface area contributed by atoms with E-state index in [1.54, 1.807) is 30.6 Å². The van der Waals surface area contributed by atoms with Crippen LogP contribution in [0.1, 0.15) is 5.56 Å². The summed E-state index contributed by atoms with van der Waals surface area (Å²) in [7, 11) is 0. The number of rotatable bonds is 3. The Balaban J connectivity index is 2.69. The normalized spacial score (nSPS) is 11.6. The second-order valence-corrected chi connectivity index (χ2v) is 2.58. The highest BCUT2D eigenvalue weighted by molar-refractivity contribution is 5.73. The Kier molecular flexibility index (Phi) is 2.98. The molecule has 1 aromatic rings. The lowest BCUT2D eigenvalue weighted by atomic mass is 10.0. The molecule has 0 aliphatic heterocycles. The molecule has 13 heavy (non-hydrogen) atoms. The van der Waals surface area contributed by atoms with Crippen molar-refractivity contribution in [3.05, 3.63) is 30.1 Å². The van der Waals surface area contributed by atoms with Crippen molar-refractivity contribution >= 4 is 5.97 Å². The van der Waals surface area contributed by atoms with Gasteiger partial charge in [-0.3, -0.25) is 9.78 Å². The van der Waals surface area contributed by atoms with Gasteiger partial charge in [-0.2, -0.15) is 5.26 Å². The molecule has 1 N–H and O–H groups in total. The summed E-state index contributed by atoms with van der Waals surface area (Å²) in [5, 5.41) is 17.1.